The molecule has 1 rings (SSSR count). The summed E-state index contributed by atoms with van der Waals surface area (Å²) in [6, 6.07) is 7.91. The molecule has 0 radical (unpaired) electrons. The van der Waals surface area contributed by atoms with Gasteiger partial charge in [0.25, 0.3) is 0 Å². The molecule has 0 aromatic heterocycles. The van der Waals surface area contributed by atoms with Gasteiger partial charge in [0, 0.05) is 12.5 Å². The molecule has 13 heavy (non-hydrogen) atoms. The number of hydrogen-bond acceptors (Lipinski definition) is 2. The SMILES string of the molecule is Cc1ccc(OCC(C)CO)cc1. The van der Waals surface area contributed by atoms with E-state index in [-0.39, 0.29) is 12.5 Å². The van der Waals surface area contributed by atoms with Gasteiger partial charge < -0.3 is 9.84 Å². The molecule has 0 spiro atoms. The van der Waals surface area contributed by atoms with E-state index in [1.165, 1.54) is 5.56 Å². The second-order valence-electron chi connectivity index (χ2n) is 3.41. The lowest BCUT2D eigenvalue weighted by Gasteiger charge is -2.10. The van der Waals surface area contributed by atoms with Crippen molar-refractivity contribution in [2.45, 2.75) is 13.8 Å². The highest BCUT2D eigenvalue weighted by molar-refractivity contribution is 5.26. The molecule has 0 aliphatic carbocycles. The summed E-state index contributed by atoms with van der Waals surface area (Å²) in [5, 5.41) is 8.78. The first-order chi connectivity index (χ1) is 6.22. The highest BCUT2D eigenvalue weighted by atomic mass is 16.5. The lowest BCUT2D eigenvalue weighted by atomic mass is 10.2. The van der Waals surface area contributed by atoms with Crippen LogP contribution in [0.2, 0.25) is 0 Å². The van der Waals surface area contributed by atoms with Crippen LogP contribution < -0.4 is 4.74 Å². The molecule has 1 aromatic rings. The second-order valence-corrected chi connectivity index (χ2v) is 3.41. The zero-order chi connectivity index (χ0) is 9.68. The molecule has 0 heterocycles. The van der Waals surface area contributed by atoms with Crippen LogP contribution in [-0.2, 0) is 0 Å². The van der Waals surface area contributed by atoms with Crippen LogP contribution in [0.15, 0.2) is 24.3 Å². The third-order valence-electron chi connectivity index (χ3n) is 1.87. The molecule has 0 aliphatic rings. The predicted molar refractivity (Wildman–Crippen MR) is 52.9 cm³/mol. The van der Waals surface area contributed by atoms with E-state index < -0.39 is 0 Å². The van der Waals surface area contributed by atoms with Crippen LogP contribution in [0.4, 0.5) is 0 Å². The summed E-state index contributed by atoms with van der Waals surface area (Å²) in [4.78, 5) is 0. The van der Waals surface area contributed by atoms with E-state index in [9.17, 15) is 0 Å². The molecule has 0 saturated heterocycles. The van der Waals surface area contributed by atoms with Crippen molar-refractivity contribution in [2.75, 3.05) is 13.2 Å². The maximum Gasteiger partial charge on any atom is 0.119 e. The summed E-state index contributed by atoms with van der Waals surface area (Å²) in [6.45, 7) is 4.74. The molecule has 1 N–H and O–H groups in total. The standard InChI is InChI=1S/C11H16O2/c1-9-3-5-11(6-4-9)13-8-10(2)7-12/h3-6,10,12H,7-8H2,1-2H3. The van der Waals surface area contributed by atoms with E-state index in [0.29, 0.717) is 6.61 Å². The van der Waals surface area contributed by atoms with Crippen molar-refractivity contribution in [2.24, 2.45) is 5.92 Å². The number of rotatable bonds is 4. The van der Waals surface area contributed by atoms with Gasteiger partial charge >= 0.3 is 0 Å². The van der Waals surface area contributed by atoms with Crippen LogP contribution in [0, 0.1) is 12.8 Å². The van der Waals surface area contributed by atoms with Gasteiger partial charge in [-0.1, -0.05) is 24.6 Å². The van der Waals surface area contributed by atoms with Gasteiger partial charge in [0.15, 0.2) is 0 Å². The van der Waals surface area contributed by atoms with Crippen molar-refractivity contribution >= 4 is 0 Å². The number of aliphatic hydroxyl groups is 1. The molecule has 0 fully saturated rings. The Hall–Kier alpha value is -1.02. The average Bonchev–Trinajstić information content (AvgIpc) is 2.16. The Morgan fingerprint density at radius 2 is 1.92 bits per heavy atom. The van der Waals surface area contributed by atoms with E-state index in [2.05, 4.69) is 0 Å². The minimum absolute atomic E-state index is 0.172. The molecule has 72 valence electrons. The van der Waals surface area contributed by atoms with Crippen LogP contribution in [0.5, 0.6) is 5.75 Å². The van der Waals surface area contributed by atoms with Gasteiger partial charge in [-0.3, -0.25) is 0 Å². The van der Waals surface area contributed by atoms with Crippen LogP contribution in [0.3, 0.4) is 0 Å². The fourth-order valence-corrected chi connectivity index (χ4v) is 0.926. The van der Waals surface area contributed by atoms with Crippen LogP contribution in [0.1, 0.15) is 12.5 Å². The van der Waals surface area contributed by atoms with Crippen molar-refractivity contribution in [3.05, 3.63) is 29.8 Å². The molecule has 0 amide bonds. The Morgan fingerprint density at radius 1 is 1.31 bits per heavy atom. The summed E-state index contributed by atoms with van der Waals surface area (Å²) in [6.07, 6.45) is 0. The molecule has 0 saturated carbocycles. The summed E-state index contributed by atoms with van der Waals surface area (Å²) in [5.41, 5.74) is 1.22. The summed E-state index contributed by atoms with van der Waals surface area (Å²) >= 11 is 0. The third-order valence-corrected chi connectivity index (χ3v) is 1.87. The van der Waals surface area contributed by atoms with Gasteiger partial charge in [0.05, 0.1) is 6.61 Å². The van der Waals surface area contributed by atoms with Crippen molar-refractivity contribution < 1.29 is 9.84 Å². The molecule has 0 aliphatic heterocycles. The molecule has 0 bridgehead atoms. The van der Waals surface area contributed by atoms with Crippen molar-refractivity contribution in [3.63, 3.8) is 0 Å². The Kier molecular flexibility index (Phi) is 3.77. The lowest BCUT2D eigenvalue weighted by Crippen LogP contribution is -2.11. The molecular formula is C11H16O2. The van der Waals surface area contributed by atoms with E-state index in [1.54, 1.807) is 0 Å². The number of hydrogen-bond donors (Lipinski definition) is 1. The Bertz CT molecular complexity index is 241. The van der Waals surface area contributed by atoms with Crippen molar-refractivity contribution in [1.29, 1.82) is 0 Å². The minimum atomic E-state index is 0.172. The quantitative estimate of drug-likeness (QED) is 0.768. The molecule has 2 nitrogen and oxygen atoms in total. The largest absolute Gasteiger partial charge is 0.493 e. The third kappa shape index (κ3) is 3.47. The molecule has 1 aromatic carbocycles. The summed E-state index contributed by atoms with van der Waals surface area (Å²) in [7, 11) is 0. The Morgan fingerprint density at radius 3 is 2.46 bits per heavy atom. The number of aryl methyl sites for hydroxylation is 1. The fraction of sp³-hybridized carbons (Fsp3) is 0.455. The highest BCUT2D eigenvalue weighted by Crippen LogP contribution is 2.12. The summed E-state index contributed by atoms with van der Waals surface area (Å²) in [5.74, 6) is 1.06. The second kappa shape index (κ2) is 4.87. The zero-order valence-electron chi connectivity index (χ0n) is 8.16. The highest BCUT2D eigenvalue weighted by Gasteiger charge is 2.00. The minimum Gasteiger partial charge on any atom is -0.493 e. The first-order valence-electron chi connectivity index (χ1n) is 4.52. The first-order valence-corrected chi connectivity index (χ1v) is 4.52. The topological polar surface area (TPSA) is 29.5 Å². The maximum absolute atomic E-state index is 8.78. The molecule has 1 atom stereocenters. The van der Waals surface area contributed by atoms with Crippen molar-refractivity contribution in [3.8, 4) is 5.75 Å². The van der Waals surface area contributed by atoms with Gasteiger partial charge in [0.2, 0.25) is 0 Å². The maximum atomic E-state index is 8.78. The average molecular weight is 180 g/mol. The van der Waals surface area contributed by atoms with E-state index in [0.717, 1.165) is 5.75 Å². The predicted octanol–water partition coefficient (Wildman–Crippen LogP) is 2.00. The fourth-order valence-electron chi connectivity index (χ4n) is 0.926. The first kappa shape index (κ1) is 10.1. The molecular weight excluding hydrogens is 164 g/mol. The Balaban J connectivity index is 2.41. The van der Waals surface area contributed by atoms with Crippen molar-refractivity contribution in [1.82, 2.24) is 0 Å². The summed E-state index contributed by atoms with van der Waals surface area (Å²) < 4.78 is 5.45. The zero-order valence-corrected chi connectivity index (χ0v) is 8.16. The molecule has 1 unspecified atom stereocenters. The van der Waals surface area contributed by atoms with Gasteiger partial charge in [-0.2, -0.15) is 0 Å². The van der Waals surface area contributed by atoms with E-state index in [1.807, 2.05) is 38.1 Å². The number of ether oxygens (including phenoxy) is 1. The van der Waals surface area contributed by atoms with Gasteiger partial charge in [0.1, 0.15) is 5.75 Å². The Labute approximate surface area is 79.2 Å². The monoisotopic (exact) mass is 180 g/mol. The normalized spacial score (nSPS) is 12.5. The van der Waals surface area contributed by atoms with E-state index >= 15 is 0 Å². The number of benzene rings is 1. The van der Waals surface area contributed by atoms with Crippen LogP contribution in [0.25, 0.3) is 0 Å². The van der Waals surface area contributed by atoms with Crippen LogP contribution in [-0.4, -0.2) is 18.3 Å². The van der Waals surface area contributed by atoms with Gasteiger partial charge in [-0.05, 0) is 19.1 Å². The van der Waals surface area contributed by atoms with Gasteiger partial charge in [-0.15, -0.1) is 0 Å². The lowest BCUT2D eigenvalue weighted by molar-refractivity contribution is 0.174. The molecule has 2 heteroatoms. The van der Waals surface area contributed by atoms with Gasteiger partial charge in [-0.25, -0.2) is 0 Å². The number of aliphatic hydroxyl groups excluding tert-OH is 1. The van der Waals surface area contributed by atoms with Crippen LogP contribution >= 0.6 is 0 Å². The van der Waals surface area contributed by atoms with E-state index in [4.69, 9.17) is 9.84 Å². The smallest absolute Gasteiger partial charge is 0.119 e.